The molecule has 128 valence electrons. The maximum atomic E-state index is 13.1. The fraction of sp³-hybridized carbons (Fsp3) is 0.562. The van der Waals surface area contributed by atoms with Crippen LogP contribution in [0.1, 0.15) is 18.9 Å². The van der Waals surface area contributed by atoms with Gasteiger partial charge in [-0.15, -0.1) is 0 Å². The van der Waals surface area contributed by atoms with Crippen LogP contribution in [-0.4, -0.2) is 49.3 Å². The summed E-state index contributed by atoms with van der Waals surface area (Å²) in [5.41, 5.74) is -0.381. The van der Waals surface area contributed by atoms with E-state index in [2.05, 4.69) is 5.32 Å². The molecule has 1 unspecified atom stereocenters. The van der Waals surface area contributed by atoms with E-state index in [0.717, 1.165) is 19.1 Å². The standard InChI is InChI=1S/C16H21F3N2O2/c1-3-12-4-6-13(7-5-12)20-14(22)10-21-9-8-15(11-21,23-2)16(17,18)19/h4-7H,3,8-11H2,1-2H3,(H,20,22). The van der Waals surface area contributed by atoms with Crippen LogP contribution in [0.25, 0.3) is 0 Å². The van der Waals surface area contributed by atoms with Gasteiger partial charge in [0.15, 0.2) is 5.60 Å². The lowest BCUT2D eigenvalue weighted by Gasteiger charge is -2.30. The normalized spacial score (nSPS) is 22.3. The van der Waals surface area contributed by atoms with Gasteiger partial charge in [0.2, 0.25) is 5.91 Å². The van der Waals surface area contributed by atoms with E-state index in [0.29, 0.717) is 5.69 Å². The van der Waals surface area contributed by atoms with E-state index in [1.165, 1.54) is 4.90 Å². The van der Waals surface area contributed by atoms with Crippen LogP contribution in [0.5, 0.6) is 0 Å². The van der Waals surface area contributed by atoms with Crippen LogP contribution in [-0.2, 0) is 16.0 Å². The number of likely N-dealkylation sites (tertiary alicyclic amines) is 1. The Balaban J connectivity index is 1.91. The fourth-order valence-electron chi connectivity index (χ4n) is 2.73. The van der Waals surface area contributed by atoms with Gasteiger partial charge >= 0.3 is 6.18 Å². The number of carbonyl (C=O) groups excluding carboxylic acids is 1. The lowest BCUT2D eigenvalue weighted by atomic mass is 10.0. The number of halogens is 3. The van der Waals surface area contributed by atoms with Gasteiger partial charge in [-0.3, -0.25) is 9.69 Å². The van der Waals surface area contributed by atoms with Crippen molar-refractivity contribution in [3.63, 3.8) is 0 Å². The zero-order valence-electron chi connectivity index (χ0n) is 13.2. The second-order valence-corrected chi connectivity index (χ2v) is 5.76. The lowest BCUT2D eigenvalue weighted by molar-refractivity contribution is -0.263. The number of hydrogen-bond acceptors (Lipinski definition) is 3. The van der Waals surface area contributed by atoms with E-state index in [4.69, 9.17) is 4.74 Å². The van der Waals surface area contributed by atoms with Gasteiger partial charge in [-0.05, 0) is 30.5 Å². The first-order chi connectivity index (χ1) is 10.8. The molecule has 23 heavy (non-hydrogen) atoms. The second-order valence-electron chi connectivity index (χ2n) is 5.76. The van der Waals surface area contributed by atoms with Crippen LogP contribution >= 0.6 is 0 Å². The minimum absolute atomic E-state index is 0.0866. The average molecular weight is 330 g/mol. The third kappa shape index (κ3) is 4.03. The van der Waals surface area contributed by atoms with Crippen molar-refractivity contribution < 1.29 is 22.7 Å². The van der Waals surface area contributed by atoms with Crippen molar-refractivity contribution in [2.75, 3.05) is 32.1 Å². The van der Waals surface area contributed by atoms with E-state index in [9.17, 15) is 18.0 Å². The molecular weight excluding hydrogens is 309 g/mol. The molecule has 0 saturated carbocycles. The number of aryl methyl sites for hydroxylation is 1. The summed E-state index contributed by atoms with van der Waals surface area (Å²) in [5, 5.41) is 2.70. The minimum Gasteiger partial charge on any atom is -0.367 e. The van der Waals surface area contributed by atoms with Gasteiger partial charge in [0.1, 0.15) is 0 Å². The molecule has 0 bridgehead atoms. The Hall–Kier alpha value is -1.60. The van der Waals surface area contributed by atoms with Crippen molar-refractivity contribution in [2.24, 2.45) is 0 Å². The molecule has 0 spiro atoms. The van der Waals surface area contributed by atoms with Crippen molar-refractivity contribution in [1.82, 2.24) is 4.90 Å². The highest BCUT2D eigenvalue weighted by atomic mass is 19.4. The Kier molecular flexibility index (Phi) is 5.31. The van der Waals surface area contributed by atoms with Gasteiger partial charge in [-0.1, -0.05) is 19.1 Å². The number of carbonyl (C=O) groups is 1. The molecule has 1 fully saturated rings. The van der Waals surface area contributed by atoms with E-state index < -0.39 is 11.8 Å². The Morgan fingerprint density at radius 3 is 2.48 bits per heavy atom. The number of alkyl halides is 3. The molecule has 1 N–H and O–H groups in total. The van der Waals surface area contributed by atoms with E-state index in [1.807, 2.05) is 19.1 Å². The number of benzene rings is 1. The quantitative estimate of drug-likeness (QED) is 0.903. The molecule has 1 atom stereocenters. The third-order valence-electron chi connectivity index (χ3n) is 4.23. The number of nitrogens with zero attached hydrogens (tertiary/aromatic N) is 1. The molecule has 0 aromatic heterocycles. The maximum absolute atomic E-state index is 13.1. The van der Waals surface area contributed by atoms with Crippen LogP contribution in [0.15, 0.2) is 24.3 Å². The molecule has 7 heteroatoms. The fourth-order valence-corrected chi connectivity index (χ4v) is 2.73. The van der Waals surface area contributed by atoms with Gasteiger partial charge < -0.3 is 10.1 Å². The van der Waals surface area contributed by atoms with Crippen molar-refractivity contribution in [3.8, 4) is 0 Å². The van der Waals surface area contributed by atoms with Gasteiger partial charge in [0, 0.05) is 25.9 Å². The number of methoxy groups -OCH3 is 1. The van der Waals surface area contributed by atoms with Crippen LogP contribution in [0.4, 0.5) is 18.9 Å². The summed E-state index contributed by atoms with van der Waals surface area (Å²) < 4.78 is 44.0. The summed E-state index contributed by atoms with van der Waals surface area (Å²) in [4.78, 5) is 13.5. The Bertz CT molecular complexity index is 545. The third-order valence-corrected chi connectivity index (χ3v) is 4.23. The van der Waals surface area contributed by atoms with Crippen LogP contribution < -0.4 is 5.32 Å². The van der Waals surface area contributed by atoms with Crippen molar-refractivity contribution in [1.29, 1.82) is 0 Å². The molecule has 1 aliphatic heterocycles. The smallest absolute Gasteiger partial charge is 0.367 e. The lowest BCUT2D eigenvalue weighted by Crippen LogP contribution is -2.49. The monoisotopic (exact) mass is 330 g/mol. The van der Waals surface area contributed by atoms with Crippen LogP contribution in [0.2, 0.25) is 0 Å². The minimum atomic E-state index is -4.44. The number of hydrogen-bond donors (Lipinski definition) is 1. The molecule has 1 heterocycles. The van der Waals surface area contributed by atoms with Gasteiger partial charge in [-0.2, -0.15) is 13.2 Å². The highest BCUT2D eigenvalue weighted by molar-refractivity contribution is 5.92. The molecule has 1 saturated heterocycles. The maximum Gasteiger partial charge on any atom is 0.418 e. The predicted octanol–water partition coefficient (Wildman–Crippen LogP) is 2.84. The van der Waals surface area contributed by atoms with Crippen molar-refractivity contribution in [2.45, 2.75) is 31.5 Å². The molecule has 1 aliphatic rings. The molecule has 1 amide bonds. The van der Waals surface area contributed by atoms with Gasteiger partial charge in [0.05, 0.1) is 6.54 Å². The van der Waals surface area contributed by atoms with Crippen molar-refractivity contribution >= 4 is 11.6 Å². The molecule has 4 nitrogen and oxygen atoms in total. The number of amides is 1. The summed E-state index contributed by atoms with van der Waals surface area (Å²) in [7, 11) is 1.06. The molecule has 1 aromatic rings. The van der Waals surface area contributed by atoms with Gasteiger partial charge in [0.25, 0.3) is 0 Å². The molecule has 0 aliphatic carbocycles. The summed E-state index contributed by atoms with van der Waals surface area (Å²) in [5.74, 6) is -0.330. The second kappa shape index (κ2) is 6.88. The van der Waals surface area contributed by atoms with Crippen LogP contribution in [0, 0.1) is 0 Å². The molecular formula is C16H21F3N2O2. The largest absolute Gasteiger partial charge is 0.418 e. The Morgan fingerprint density at radius 2 is 2.00 bits per heavy atom. The van der Waals surface area contributed by atoms with Crippen molar-refractivity contribution in [3.05, 3.63) is 29.8 Å². The first-order valence-corrected chi connectivity index (χ1v) is 7.52. The van der Waals surface area contributed by atoms with Gasteiger partial charge in [-0.25, -0.2) is 0 Å². The molecule has 1 aromatic carbocycles. The van der Waals surface area contributed by atoms with Crippen LogP contribution in [0.3, 0.4) is 0 Å². The van der Waals surface area contributed by atoms with E-state index in [-0.39, 0.29) is 32.0 Å². The summed E-state index contributed by atoms with van der Waals surface area (Å²) in [6.45, 7) is 1.80. The predicted molar refractivity (Wildman–Crippen MR) is 81.3 cm³/mol. The molecule has 0 radical (unpaired) electrons. The highest BCUT2D eigenvalue weighted by Crippen LogP contribution is 2.40. The topological polar surface area (TPSA) is 41.6 Å². The Labute approximate surface area is 133 Å². The number of anilines is 1. The summed E-state index contributed by atoms with van der Waals surface area (Å²) >= 11 is 0. The first-order valence-electron chi connectivity index (χ1n) is 7.52. The summed E-state index contributed by atoms with van der Waals surface area (Å²) in [6.07, 6.45) is -3.70. The number of nitrogens with one attached hydrogen (secondary N) is 1. The molecule has 2 rings (SSSR count). The van der Waals surface area contributed by atoms with E-state index >= 15 is 0 Å². The summed E-state index contributed by atoms with van der Waals surface area (Å²) in [6, 6.07) is 7.39. The number of rotatable bonds is 5. The zero-order valence-corrected chi connectivity index (χ0v) is 13.2. The number of ether oxygens (including phenoxy) is 1. The average Bonchev–Trinajstić information content (AvgIpc) is 2.92. The van der Waals surface area contributed by atoms with E-state index in [1.54, 1.807) is 12.1 Å². The first kappa shape index (κ1) is 17.7. The highest BCUT2D eigenvalue weighted by Gasteiger charge is 2.58. The zero-order chi connectivity index (χ0) is 17.1. The SMILES string of the molecule is CCc1ccc(NC(=O)CN2CCC(OC)(C(F)(F)F)C2)cc1. The Morgan fingerprint density at radius 1 is 1.35 bits per heavy atom.